The molecule has 1 amide bonds. The van der Waals surface area contributed by atoms with Crippen LogP contribution in [0.3, 0.4) is 0 Å². The van der Waals surface area contributed by atoms with Crippen molar-refractivity contribution in [3.05, 3.63) is 65.5 Å². The predicted octanol–water partition coefficient (Wildman–Crippen LogP) is 2.73. The van der Waals surface area contributed by atoms with Gasteiger partial charge in [-0.2, -0.15) is 4.57 Å². The van der Waals surface area contributed by atoms with Crippen LogP contribution in [0.15, 0.2) is 48.8 Å². The van der Waals surface area contributed by atoms with Crippen molar-refractivity contribution >= 4 is 5.91 Å². The van der Waals surface area contributed by atoms with Crippen molar-refractivity contribution in [2.45, 2.75) is 45.2 Å². The van der Waals surface area contributed by atoms with Crippen LogP contribution in [-0.4, -0.2) is 5.91 Å². The monoisotopic (exact) mass is 295 g/mol. The standard InChI is InChI=1S/C19H22N2O/c1-15(19(22)20-13-16-7-3-2-4-8-16)21-12-11-17-9-5-6-10-18(17)14-21/h2-4,7-8,11-12,14-15H,5-6,9-10,13H2,1H3/p+1/t15-/m1/s1. The van der Waals surface area contributed by atoms with Crippen molar-refractivity contribution in [1.82, 2.24) is 5.32 Å². The fraction of sp³-hybridized carbons (Fsp3) is 0.368. The summed E-state index contributed by atoms with van der Waals surface area (Å²) < 4.78 is 2.03. The number of amides is 1. The highest BCUT2D eigenvalue weighted by molar-refractivity contribution is 5.78. The summed E-state index contributed by atoms with van der Waals surface area (Å²) in [5.41, 5.74) is 3.97. The van der Waals surface area contributed by atoms with Gasteiger partial charge in [0.15, 0.2) is 12.4 Å². The molecule has 1 atom stereocenters. The number of nitrogens with one attached hydrogen (secondary N) is 1. The number of carbonyl (C=O) groups excluding carboxylic acids is 1. The highest BCUT2D eigenvalue weighted by Gasteiger charge is 2.23. The van der Waals surface area contributed by atoms with Gasteiger partial charge in [-0.1, -0.05) is 30.3 Å². The number of aryl methyl sites for hydroxylation is 2. The smallest absolute Gasteiger partial charge is 0.289 e. The molecule has 0 saturated heterocycles. The predicted molar refractivity (Wildman–Crippen MR) is 86.3 cm³/mol. The zero-order chi connectivity index (χ0) is 15.4. The Kier molecular flexibility index (Phi) is 4.52. The number of pyridine rings is 1. The molecule has 0 bridgehead atoms. The van der Waals surface area contributed by atoms with Crippen LogP contribution < -0.4 is 9.88 Å². The van der Waals surface area contributed by atoms with Gasteiger partial charge in [-0.05, 0) is 36.8 Å². The van der Waals surface area contributed by atoms with Gasteiger partial charge in [-0.25, -0.2) is 0 Å². The maximum Gasteiger partial charge on any atom is 0.289 e. The average molecular weight is 295 g/mol. The first kappa shape index (κ1) is 14.8. The average Bonchev–Trinajstić information content (AvgIpc) is 2.59. The fourth-order valence-corrected chi connectivity index (χ4v) is 3.00. The summed E-state index contributed by atoms with van der Waals surface area (Å²) in [6.45, 7) is 2.53. The molecule has 0 unspecified atom stereocenters. The molecule has 0 radical (unpaired) electrons. The van der Waals surface area contributed by atoms with Gasteiger partial charge in [0, 0.05) is 25.1 Å². The highest BCUT2D eigenvalue weighted by Crippen LogP contribution is 2.19. The molecule has 2 aromatic rings. The SMILES string of the molecule is C[C@H](C(=O)NCc1ccccc1)[n+]1ccc2c(c1)CCCC2. The van der Waals surface area contributed by atoms with Gasteiger partial charge >= 0.3 is 0 Å². The van der Waals surface area contributed by atoms with E-state index in [1.165, 1.54) is 30.4 Å². The molecular formula is C19H23N2O+. The van der Waals surface area contributed by atoms with Gasteiger partial charge in [-0.15, -0.1) is 0 Å². The fourth-order valence-electron chi connectivity index (χ4n) is 3.00. The van der Waals surface area contributed by atoms with Crippen molar-refractivity contribution < 1.29 is 9.36 Å². The summed E-state index contributed by atoms with van der Waals surface area (Å²) >= 11 is 0. The Hall–Kier alpha value is -2.16. The Balaban J connectivity index is 1.65. The van der Waals surface area contributed by atoms with E-state index < -0.39 is 0 Å². The molecule has 1 heterocycles. The second-order valence-electron chi connectivity index (χ2n) is 6.03. The van der Waals surface area contributed by atoms with E-state index in [0.717, 1.165) is 12.0 Å². The third-order valence-electron chi connectivity index (χ3n) is 4.44. The number of rotatable bonds is 4. The van der Waals surface area contributed by atoms with Crippen LogP contribution in [-0.2, 0) is 24.2 Å². The molecule has 3 nitrogen and oxygen atoms in total. The molecular weight excluding hydrogens is 272 g/mol. The Morgan fingerprint density at radius 3 is 2.64 bits per heavy atom. The number of aromatic nitrogens is 1. The number of benzene rings is 1. The Bertz CT molecular complexity index is 652. The van der Waals surface area contributed by atoms with Crippen LogP contribution in [0, 0.1) is 0 Å². The Labute approximate surface area is 132 Å². The molecule has 22 heavy (non-hydrogen) atoms. The van der Waals surface area contributed by atoms with Crippen LogP contribution in [0.5, 0.6) is 0 Å². The molecule has 1 aromatic heterocycles. The lowest BCUT2D eigenvalue weighted by molar-refractivity contribution is -0.706. The van der Waals surface area contributed by atoms with Crippen molar-refractivity contribution in [2.75, 3.05) is 0 Å². The van der Waals surface area contributed by atoms with Gasteiger partial charge < -0.3 is 5.32 Å². The zero-order valence-corrected chi connectivity index (χ0v) is 13.1. The lowest BCUT2D eigenvalue weighted by atomic mass is 9.93. The van der Waals surface area contributed by atoms with Crippen molar-refractivity contribution in [2.24, 2.45) is 0 Å². The highest BCUT2D eigenvalue weighted by atomic mass is 16.2. The van der Waals surface area contributed by atoms with Gasteiger partial charge in [0.05, 0.1) is 0 Å². The second kappa shape index (κ2) is 6.73. The first-order valence-electron chi connectivity index (χ1n) is 8.08. The van der Waals surface area contributed by atoms with Gasteiger partial charge in [0.1, 0.15) is 0 Å². The van der Waals surface area contributed by atoms with Gasteiger partial charge in [0.25, 0.3) is 5.91 Å². The summed E-state index contributed by atoms with van der Waals surface area (Å²) in [7, 11) is 0. The van der Waals surface area contributed by atoms with E-state index in [9.17, 15) is 4.79 Å². The first-order chi connectivity index (χ1) is 10.7. The molecule has 0 fully saturated rings. The van der Waals surface area contributed by atoms with Crippen LogP contribution in [0.2, 0.25) is 0 Å². The molecule has 1 aliphatic carbocycles. The zero-order valence-electron chi connectivity index (χ0n) is 13.1. The molecule has 1 aromatic carbocycles. The minimum atomic E-state index is -0.184. The molecule has 1 N–H and O–H groups in total. The lowest BCUT2D eigenvalue weighted by Gasteiger charge is -2.15. The molecule has 114 valence electrons. The third-order valence-corrected chi connectivity index (χ3v) is 4.44. The van der Waals surface area contributed by atoms with E-state index in [-0.39, 0.29) is 11.9 Å². The molecule has 0 spiro atoms. The van der Waals surface area contributed by atoms with Crippen LogP contribution in [0.4, 0.5) is 0 Å². The minimum absolute atomic E-state index is 0.0598. The van der Waals surface area contributed by atoms with E-state index in [4.69, 9.17) is 0 Å². The number of fused-ring (bicyclic) bond motifs is 1. The molecule has 3 rings (SSSR count). The summed E-state index contributed by atoms with van der Waals surface area (Å²) in [6.07, 6.45) is 9.03. The summed E-state index contributed by atoms with van der Waals surface area (Å²) in [4.78, 5) is 12.4. The van der Waals surface area contributed by atoms with Crippen LogP contribution in [0.25, 0.3) is 0 Å². The van der Waals surface area contributed by atoms with Crippen molar-refractivity contribution in [3.63, 3.8) is 0 Å². The first-order valence-corrected chi connectivity index (χ1v) is 8.08. The normalized spacial score (nSPS) is 15.0. The largest absolute Gasteiger partial charge is 0.346 e. The van der Waals surface area contributed by atoms with E-state index in [0.29, 0.717) is 6.54 Å². The van der Waals surface area contributed by atoms with Gasteiger partial charge in [0.2, 0.25) is 6.04 Å². The van der Waals surface area contributed by atoms with Crippen molar-refractivity contribution in [3.8, 4) is 0 Å². The maximum atomic E-state index is 12.4. The van der Waals surface area contributed by atoms with E-state index >= 15 is 0 Å². The topological polar surface area (TPSA) is 33.0 Å². The molecule has 3 heteroatoms. The quantitative estimate of drug-likeness (QED) is 0.864. The summed E-state index contributed by atoms with van der Waals surface area (Å²) in [5.74, 6) is 0.0598. The number of hydrogen-bond donors (Lipinski definition) is 1. The Morgan fingerprint density at radius 1 is 1.14 bits per heavy atom. The number of carbonyl (C=O) groups is 1. The molecule has 0 saturated carbocycles. The number of hydrogen-bond acceptors (Lipinski definition) is 1. The molecule has 0 aliphatic heterocycles. The van der Waals surface area contributed by atoms with Crippen molar-refractivity contribution in [1.29, 1.82) is 0 Å². The summed E-state index contributed by atoms with van der Waals surface area (Å²) in [6, 6.07) is 12.0. The van der Waals surface area contributed by atoms with Crippen LogP contribution >= 0.6 is 0 Å². The summed E-state index contributed by atoms with van der Waals surface area (Å²) in [5, 5.41) is 3.02. The minimum Gasteiger partial charge on any atom is -0.346 e. The molecule has 1 aliphatic rings. The van der Waals surface area contributed by atoms with E-state index in [2.05, 4.69) is 17.6 Å². The van der Waals surface area contributed by atoms with E-state index in [1.807, 2.05) is 48.0 Å². The third kappa shape index (κ3) is 3.35. The maximum absolute atomic E-state index is 12.4. The lowest BCUT2D eigenvalue weighted by Crippen LogP contribution is -2.46. The van der Waals surface area contributed by atoms with Crippen LogP contribution in [0.1, 0.15) is 42.5 Å². The van der Waals surface area contributed by atoms with E-state index in [1.54, 1.807) is 0 Å². The van der Waals surface area contributed by atoms with Gasteiger partial charge in [-0.3, -0.25) is 4.79 Å². The Morgan fingerprint density at radius 2 is 1.86 bits per heavy atom. The number of nitrogens with zero attached hydrogens (tertiary/aromatic N) is 1. The second-order valence-corrected chi connectivity index (χ2v) is 6.03.